The fraction of sp³-hybridized carbons (Fsp3) is 0.278. The topological polar surface area (TPSA) is 46.3 Å². The van der Waals surface area contributed by atoms with E-state index in [1.54, 1.807) is 0 Å². The molecule has 118 valence electrons. The third kappa shape index (κ3) is 5.51. The minimum absolute atomic E-state index is 0. The molecule has 0 radical (unpaired) electrons. The van der Waals surface area contributed by atoms with Crippen LogP contribution in [0.15, 0.2) is 54.6 Å². The Morgan fingerprint density at radius 1 is 1.00 bits per heavy atom. The summed E-state index contributed by atoms with van der Waals surface area (Å²) in [7, 11) is 0. The van der Waals surface area contributed by atoms with E-state index < -0.39 is 0 Å². The van der Waals surface area contributed by atoms with Crippen LogP contribution in [0.2, 0.25) is 0 Å². The van der Waals surface area contributed by atoms with Crippen molar-refractivity contribution >= 4 is 18.3 Å². The molecule has 2 aromatic carbocycles. The third-order valence-corrected chi connectivity index (χ3v) is 3.44. The number of nitrogens with two attached hydrogens (primary N) is 1. The molecule has 0 saturated heterocycles. The summed E-state index contributed by atoms with van der Waals surface area (Å²) in [4.78, 5) is 14.3. The Bertz CT molecular complexity index is 569. The van der Waals surface area contributed by atoms with Gasteiger partial charge in [0.25, 0.3) is 0 Å². The highest BCUT2D eigenvalue weighted by Gasteiger charge is 2.13. The lowest BCUT2D eigenvalue weighted by molar-refractivity contribution is -0.131. The molecular formula is C18H23ClN2O. The lowest BCUT2D eigenvalue weighted by Gasteiger charge is -2.22. The molecule has 0 unspecified atom stereocenters. The highest BCUT2D eigenvalue weighted by molar-refractivity contribution is 5.85. The number of nitrogens with zero attached hydrogens (tertiary/aromatic N) is 1. The number of hydrogen-bond acceptors (Lipinski definition) is 2. The molecule has 0 aliphatic heterocycles. The molecule has 0 saturated carbocycles. The molecule has 2 aromatic rings. The maximum atomic E-state index is 12.5. The van der Waals surface area contributed by atoms with E-state index in [1.165, 1.54) is 5.56 Å². The predicted octanol–water partition coefficient (Wildman–Crippen LogP) is 2.95. The first-order valence-corrected chi connectivity index (χ1v) is 7.26. The summed E-state index contributed by atoms with van der Waals surface area (Å²) < 4.78 is 0. The average Bonchev–Trinajstić information content (AvgIpc) is 2.50. The van der Waals surface area contributed by atoms with Crippen LogP contribution in [-0.2, 0) is 17.8 Å². The van der Waals surface area contributed by atoms with Gasteiger partial charge in [-0.3, -0.25) is 4.79 Å². The van der Waals surface area contributed by atoms with Crippen LogP contribution < -0.4 is 5.73 Å². The largest absolute Gasteiger partial charge is 0.337 e. The van der Waals surface area contributed by atoms with Gasteiger partial charge in [-0.05, 0) is 18.1 Å². The molecule has 0 heterocycles. The van der Waals surface area contributed by atoms with E-state index >= 15 is 0 Å². The van der Waals surface area contributed by atoms with Gasteiger partial charge in [0.1, 0.15) is 0 Å². The summed E-state index contributed by atoms with van der Waals surface area (Å²) in [5.74, 6) is 0.119. The van der Waals surface area contributed by atoms with E-state index in [1.807, 2.05) is 66.4 Å². The Morgan fingerprint density at radius 2 is 1.64 bits per heavy atom. The van der Waals surface area contributed by atoms with Crippen molar-refractivity contribution in [1.29, 1.82) is 0 Å². The SMILES string of the molecule is Cc1ccc(CC(=O)N(CCN)Cc2ccccc2)cc1.Cl. The van der Waals surface area contributed by atoms with Crippen LogP contribution in [0.3, 0.4) is 0 Å². The second-order valence-electron chi connectivity index (χ2n) is 5.25. The van der Waals surface area contributed by atoms with Crippen LogP contribution in [-0.4, -0.2) is 23.9 Å². The van der Waals surface area contributed by atoms with Crippen molar-refractivity contribution in [3.05, 3.63) is 71.3 Å². The Labute approximate surface area is 138 Å². The van der Waals surface area contributed by atoms with Crippen molar-refractivity contribution < 1.29 is 4.79 Å². The number of halogens is 1. The predicted molar refractivity (Wildman–Crippen MR) is 93.0 cm³/mol. The van der Waals surface area contributed by atoms with Gasteiger partial charge in [-0.2, -0.15) is 0 Å². The minimum atomic E-state index is 0. The Balaban J connectivity index is 0.00000242. The van der Waals surface area contributed by atoms with Crippen LogP contribution in [0.4, 0.5) is 0 Å². The van der Waals surface area contributed by atoms with E-state index in [-0.39, 0.29) is 18.3 Å². The van der Waals surface area contributed by atoms with Crippen molar-refractivity contribution in [2.24, 2.45) is 5.73 Å². The van der Waals surface area contributed by atoms with Gasteiger partial charge < -0.3 is 10.6 Å². The second kappa shape index (κ2) is 9.23. The maximum absolute atomic E-state index is 12.5. The Morgan fingerprint density at radius 3 is 2.23 bits per heavy atom. The first-order chi connectivity index (χ1) is 10.2. The van der Waals surface area contributed by atoms with Crippen molar-refractivity contribution in [1.82, 2.24) is 4.90 Å². The first-order valence-electron chi connectivity index (χ1n) is 7.26. The number of aryl methyl sites for hydroxylation is 1. The molecule has 0 aromatic heterocycles. The number of rotatable bonds is 6. The van der Waals surface area contributed by atoms with Crippen molar-refractivity contribution in [2.45, 2.75) is 19.9 Å². The number of amides is 1. The summed E-state index contributed by atoms with van der Waals surface area (Å²) in [6.45, 7) is 3.72. The summed E-state index contributed by atoms with van der Waals surface area (Å²) >= 11 is 0. The molecule has 2 rings (SSSR count). The molecule has 4 heteroatoms. The lowest BCUT2D eigenvalue weighted by atomic mass is 10.1. The van der Waals surface area contributed by atoms with E-state index in [0.717, 1.165) is 11.1 Å². The fourth-order valence-corrected chi connectivity index (χ4v) is 2.24. The fourth-order valence-electron chi connectivity index (χ4n) is 2.24. The van der Waals surface area contributed by atoms with Crippen LogP contribution in [0.5, 0.6) is 0 Å². The standard InChI is InChI=1S/C18H22N2O.ClH/c1-15-7-9-16(10-8-15)13-18(21)20(12-11-19)14-17-5-3-2-4-6-17;/h2-10H,11-14,19H2,1H3;1H. The monoisotopic (exact) mass is 318 g/mol. The van der Waals surface area contributed by atoms with Gasteiger partial charge in [0, 0.05) is 19.6 Å². The van der Waals surface area contributed by atoms with Gasteiger partial charge in [0.2, 0.25) is 5.91 Å². The zero-order valence-corrected chi connectivity index (χ0v) is 13.7. The maximum Gasteiger partial charge on any atom is 0.227 e. The molecule has 22 heavy (non-hydrogen) atoms. The highest BCUT2D eigenvalue weighted by Crippen LogP contribution is 2.09. The molecule has 0 aliphatic rings. The zero-order valence-electron chi connectivity index (χ0n) is 12.9. The van der Waals surface area contributed by atoms with Gasteiger partial charge >= 0.3 is 0 Å². The molecule has 0 atom stereocenters. The molecule has 0 spiro atoms. The first kappa shape index (κ1) is 18.2. The van der Waals surface area contributed by atoms with Crippen LogP contribution >= 0.6 is 12.4 Å². The van der Waals surface area contributed by atoms with Crippen LogP contribution in [0.1, 0.15) is 16.7 Å². The Kier molecular flexibility index (Phi) is 7.64. The van der Waals surface area contributed by atoms with Gasteiger partial charge in [0.15, 0.2) is 0 Å². The van der Waals surface area contributed by atoms with Gasteiger partial charge in [-0.25, -0.2) is 0 Å². The Hall–Kier alpha value is -1.84. The molecule has 3 nitrogen and oxygen atoms in total. The molecule has 2 N–H and O–H groups in total. The summed E-state index contributed by atoms with van der Waals surface area (Å²) in [6.07, 6.45) is 0.424. The quantitative estimate of drug-likeness (QED) is 0.890. The average molecular weight is 319 g/mol. The van der Waals surface area contributed by atoms with Crippen molar-refractivity contribution in [3.8, 4) is 0 Å². The molecule has 0 fully saturated rings. The van der Waals surface area contributed by atoms with E-state index in [9.17, 15) is 4.79 Å². The zero-order chi connectivity index (χ0) is 15.1. The van der Waals surface area contributed by atoms with E-state index in [0.29, 0.717) is 26.1 Å². The van der Waals surface area contributed by atoms with Gasteiger partial charge in [0.05, 0.1) is 6.42 Å². The summed E-state index contributed by atoms with van der Waals surface area (Å²) in [5.41, 5.74) is 9.01. The number of carbonyl (C=O) groups excluding carboxylic acids is 1. The van der Waals surface area contributed by atoms with Crippen molar-refractivity contribution in [2.75, 3.05) is 13.1 Å². The van der Waals surface area contributed by atoms with Crippen molar-refractivity contribution in [3.63, 3.8) is 0 Å². The van der Waals surface area contributed by atoms with E-state index in [2.05, 4.69) is 0 Å². The third-order valence-electron chi connectivity index (χ3n) is 3.44. The minimum Gasteiger partial charge on any atom is -0.337 e. The molecule has 0 bridgehead atoms. The molecular weight excluding hydrogens is 296 g/mol. The van der Waals surface area contributed by atoms with Gasteiger partial charge in [-0.15, -0.1) is 12.4 Å². The van der Waals surface area contributed by atoms with Crippen LogP contribution in [0.25, 0.3) is 0 Å². The summed E-state index contributed by atoms with van der Waals surface area (Å²) in [5, 5.41) is 0. The lowest BCUT2D eigenvalue weighted by Crippen LogP contribution is -2.35. The smallest absolute Gasteiger partial charge is 0.227 e. The number of hydrogen-bond donors (Lipinski definition) is 1. The summed E-state index contributed by atoms with van der Waals surface area (Å²) in [6, 6.07) is 18.1. The van der Waals surface area contributed by atoms with Gasteiger partial charge in [-0.1, -0.05) is 60.2 Å². The van der Waals surface area contributed by atoms with E-state index in [4.69, 9.17) is 5.73 Å². The van der Waals surface area contributed by atoms with Crippen LogP contribution in [0, 0.1) is 6.92 Å². The highest BCUT2D eigenvalue weighted by atomic mass is 35.5. The number of benzene rings is 2. The molecule has 0 aliphatic carbocycles. The normalized spacial score (nSPS) is 9.91. The second-order valence-corrected chi connectivity index (χ2v) is 5.25. The molecule has 1 amide bonds. The number of carbonyl (C=O) groups is 1.